The molecule has 33 heavy (non-hydrogen) atoms. The molecule has 2 aromatic heterocycles. The average molecular weight is 471 g/mol. The molecular formula is C20H18F5N5O3. The molecule has 0 bridgehead atoms. The van der Waals surface area contributed by atoms with E-state index in [9.17, 15) is 26.7 Å². The van der Waals surface area contributed by atoms with Gasteiger partial charge < -0.3 is 14.8 Å². The van der Waals surface area contributed by atoms with Crippen LogP contribution in [0.1, 0.15) is 25.3 Å². The number of pyridine rings is 1. The minimum absolute atomic E-state index is 0.117. The topological polar surface area (TPSA) is 90.6 Å². The predicted molar refractivity (Wildman–Crippen MR) is 104 cm³/mol. The highest BCUT2D eigenvalue weighted by Gasteiger charge is 2.65. The number of rotatable bonds is 4. The number of methoxy groups -OCH3 is 1. The minimum Gasteiger partial charge on any atom is -0.493 e. The van der Waals surface area contributed by atoms with Gasteiger partial charge >= 0.3 is 6.18 Å². The molecule has 0 saturated carbocycles. The van der Waals surface area contributed by atoms with Crippen LogP contribution in [0.25, 0.3) is 5.65 Å². The third kappa shape index (κ3) is 3.65. The highest BCUT2D eigenvalue weighted by Crippen LogP contribution is 2.55. The quantitative estimate of drug-likeness (QED) is 0.586. The average Bonchev–Trinajstić information content (AvgIpc) is 3.32. The lowest BCUT2D eigenvalue weighted by atomic mass is 9.77. The van der Waals surface area contributed by atoms with Gasteiger partial charge in [0.1, 0.15) is 6.10 Å². The Labute approximate surface area is 183 Å². The summed E-state index contributed by atoms with van der Waals surface area (Å²) < 4.78 is 81.6. The molecule has 1 aliphatic rings. The number of anilines is 1. The number of nitrogens with one attached hydrogen (secondary N) is 1. The van der Waals surface area contributed by atoms with Gasteiger partial charge in [-0.1, -0.05) is 13.0 Å². The van der Waals surface area contributed by atoms with Gasteiger partial charge in [0, 0.05) is 35.3 Å². The molecule has 1 saturated heterocycles. The van der Waals surface area contributed by atoms with Gasteiger partial charge in [0.05, 0.1) is 7.11 Å². The summed E-state index contributed by atoms with van der Waals surface area (Å²) in [7, 11) is 1.06. The molecule has 8 nitrogen and oxygen atoms in total. The van der Waals surface area contributed by atoms with Gasteiger partial charge in [-0.2, -0.15) is 17.6 Å². The van der Waals surface area contributed by atoms with Gasteiger partial charge in [-0.05, 0) is 29.5 Å². The zero-order chi connectivity index (χ0) is 24.1. The van der Waals surface area contributed by atoms with E-state index in [4.69, 9.17) is 9.47 Å². The van der Waals surface area contributed by atoms with E-state index in [0.29, 0.717) is 0 Å². The van der Waals surface area contributed by atoms with E-state index in [1.165, 1.54) is 29.8 Å². The third-order valence-electron chi connectivity index (χ3n) is 6.04. The van der Waals surface area contributed by atoms with E-state index < -0.39 is 53.0 Å². The molecule has 0 unspecified atom stereocenters. The largest absolute Gasteiger partial charge is 0.493 e. The van der Waals surface area contributed by atoms with Crippen LogP contribution >= 0.6 is 0 Å². The van der Waals surface area contributed by atoms with Crippen LogP contribution in [0.5, 0.6) is 5.75 Å². The van der Waals surface area contributed by atoms with Crippen molar-refractivity contribution in [1.82, 2.24) is 20.0 Å². The smallest absolute Gasteiger partial charge is 0.417 e. The lowest BCUT2D eigenvalue weighted by Gasteiger charge is -2.32. The molecule has 0 aliphatic carbocycles. The van der Waals surface area contributed by atoms with E-state index in [1.807, 2.05) is 0 Å². The Hall–Kier alpha value is -3.35. The fourth-order valence-electron chi connectivity index (χ4n) is 4.07. The number of amides is 1. The van der Waals surface area contributed by atoms with Crippen molar-refractivity contribution in [3.63, 3.8) is 0 Å². The maximum absolute atomic E-state index is 14.4. The molecule has 1 amide bonds. The van der Waals surface area contributed by atoms with Gasteiger partial charge in [0.2, 0.25) is 5.82 Å². The zero-order valence-electron chi connectivity index (χ0n) is 17.5. The number of carbonyl (C=O) groups is 1. The summed E-state index contributed by atoms with van der Waals surface area (Å²) in [6.07, 6.45) is -5.10. The first-order valence-corrected chi connectivity index (χ1v) is 9.73. The number of alkyl halides is 3. The number of aromatic nitrogens is 4. The number of ether oxygens (including phenoxy) is 2. The second-order valence-electron chi connectivity index (χ2n) is 7.83. The maximum Gasteiger partial charge on any atom is 0.417 e. The molecule has 3 heterocycles. The predicted octanol–water partition coefficient (Wildman–Crippen LogP) is 3.49. The highest BCUT2D eigenvalue weighted by molar-refractivity contribution is 5.95. The van der Waals surface area contributed by atoms with Gasteiger partial charge in [-0.3, -0.25) is 4.79 Å². The van der Waals surface area contributed by atoms with Crippen LogP contribution < -0.4 is 10.1 Å². The molecule has 3 aromatic rings. The number of fused-ring (bicyclic) bond motifs is 1. The standard InChI is InChI=1S/C20H18F5N5O3/c1-9-14(11-4-5-12(21)15(22)16(11)32-3)17(33-19(9,2)20(23,24)25)18(31)26-10-6-7-30-13(8-10)27-28-29-30/h4-9,14,17H,1-3H3,(H,26,31)/t9-,14-,17+,19+/m0/s1. The fraction of sp³-hybridized carbons (Fsp3) is 0.400. The number of carbonyl (C=O) groups excluding carboxylic acids is 1. The molecule has 0 spiro atoms. The molecule has 1 aliphatic heterocycles. The summed E-state index contributed by atoms with van der Waals surface area (Å²) in [4.78, 5) is 13.1. The number of hydrogen-bond acceptors (Lipinski definition) is 6. The normalized spacial score (nSPS) is 25.4. The lowest BCUT2D eigenvalue weighted by molar-refractivity contribution is -0.272. The van der Waals surface area contributed by atoms with Crippen LogP contribution in [0.3, 0.4) is 0 Å². The Kier molecular flexibility index (Phi) is 5.47. The maximum atomic E-state index is 14.4. The van der Waals surface area contributed by atoms with Crippen LogP contribution in [0.2, 0.25) is 0 Å². The second-order valence-corrected chi connectivity index (χ2v) is 7.83. The lowest BCUT2D eigenvalue weighted by Crippen LogP contribution is -2.47. The van der Waals surface area contributed by atoms with E-state index in [0.717, 1.165) is 26.2 Å². The molecule has 176 valence electrons. The third-order valence-corrected chi connectivity index (χ3v) is 6.04. The van der Waals surface area contributed by atoms with Gasteiger partial charge in [0.15, 0.2) is 22.8 Å². The van der Waals surface area contributed by atoms with E-state index in [-0.39, 0.29) is 16.9 Å². The first-order chi connectivity index (χ1) is 15.5. The number of hydrogen-bond donors (Lipinski definition) is 1. The Morgan fingerprint density at radius 3 is 2.67 bits per heavy atom. The second kappa shape index (κ2) is 7.90. The first kappa shape index (κ1) is 22.8. The van der Waals surface area contributed by atoms with Crippen LogP contribution in [-0.2, 0) is 9.53 Å². The molecule has 13 heteroatoms. The Bertz CT molecular complexity index is 1220. The van der Waals surface area contributed by atoms with Crippen molar-refractivity contribution in [3.05, 3.63) is 47.7 Å². The number of benzene rings is 1. The molecule has 4 rings (SSSR count). The van der Waals surface area contributed by atoms with Gasteiger partial charge in [0.25, 0.3) is 5.91 Å². The van der Waals surface area contributed by atoms with E-state index in [2.05, 4.69) is 20.8 Å². The van der Waals surface area contributed by atoms with Crippen molar-refractivity contribution in [2.45, 2.75) is 37.6 Å². The number of nitrogens with zero attached hydrogens (tertiary/aromatic N) is 4. The van der Waals surface area contributed by atoms with Crippen LogP contribution in [0, 0.1) is 17.6 Å². The molecule has 0 radical (unpaired) electrons. The van der Waals surface area contributed by atoms with Crippen LogP contribution in [0.15, 0.2) is 30.5 Å². The number of halogens is 5. The summed E-state index contributed by atoms with van der Waals surface area (Å²) >= 11 is 0. The van der Waals surface area contributed by atoms with Crippen molar-refractivity contribution in [2.75, 3.05) is 12.4 Å². The Balaban J connectivity index is 1.76. The zero-order valence-corrected chi connectivity index (χ0v) is 17.5. The molecular weight excluding hydrogens is 453 g/mol. The molecule has 1 N–H and O–H groups in total. The van der Waals surface area contributed by atoms with Gasteiger partial charge in [-0.15, -0.1) is 5.10 Å². The summed E-state index contributed by atoms with van der Waals surface area (Å²) in [5.41, 5.74) is -2.37. The number of tetrazole rings is 1. The van der Waals surface area contributed by atoms with Crippen molar-refractivity contribution < 1.29 is 36.2 Å². The highest BCUT2D eigenvalue weighted by atomic mass is 19.4. The summed E-state index contributed by atoms with van der Waals surface area (Å²) in [5.74, 6) is -6.77. The van der Waals surface area contributed by atoms with Crippen molar-refractivity contribution in [1.29, 1.82) is 0 Å². The first-order valence-electron chi connectivity index (χ1n) is 9.73. The van der Waals surface area contributed by atoms with Crippen molar-refractivity contribution >= 4 is 17.2 Å². The molecule has 4 atom stereocenters. The Morgan fingerprint density at radius 2 is 2.00 bits per heavy atom. The summed E-state index contributed by atoms with van der Waals surface area (Å²) in [6, 6.07) is 4.71. The fourth-order valence-corrected chi connectivity index (χ4v) is 4.07. The van der Waals surface area contributed by atoms with Crippen molar-refractivity contribution in [2.24, 2.45) is 5.92 Å². The molecule has 1 aromatic carbocycles. The SMILES string of the molecule is COc1c([C@H]2[C@H](C(=O)Nc3ccn4nnnc4c3)O[C@@](C)(C(F)(F)F)[C@H]2C)ccc(F)c1F. The summed E-state index contributed by atoms with van der Waals surface area (Å²) in [6.45, 7) is 2.05. The summed E-state index contributed by atoms with van der Waals surface area (Å²) in [5, 5.41) is 13.4. The van der Waals surface area contributed by atoms with Gasteiger partial charge in [-0.25, -0.2) is 8.91 Å². The Morgan fingerprint density at radius 1 is 1.27 bits per heavy atom. The van der Waals surface area contributed by atoms with E-state index >= 15 is 0 Å². The molecule has 1 fully saturated rings. The van der Waals surface area contributed by atoms with Crippen molar-refractivity contribution in [3.8, 4) is 5.75 Å². The minimum atomic E-state index is -4.85. The van der Waals surface area contributed by atoms with E-state index in [1.54, 1.807) is 0 Å². The monoisotopic (exact) mass is 471 g/mol. The van der Waals surface area contributed by atoms with Crippen LogP contribution in [-0.4, -0.2) is 50.9 Å². The van der Waals surface area contributed by atoms with Crippen LogP contribution in [0.4, 0.5) is 27.6 Å².